The summed E-state index contributed by atoms with van der Waals surface area (Å²) < 4.78 is 72.9. The zero-order valence-corrected chi connectivity index (χ0v) is 14.9. The van der Waals surface area contributed by atoms with Crippen LogP contribution in [0.4, 0.5) is 13.2 Å². The number of nitriles is 1. The normalized spacial score (nSPS) is 18.6. The van der Waals surface area contributed by atoms with Crippen LogP contribution in [-0.4, -0.2) is 30.8 Å². The molecule has 146 valence electrons. The molecule has 1 aliphatic heterocycles. The molecule has 1 aromatic carbocycles. The van der Waals surface area contributed by atoms with Crippen molar-refractivity contribution in [3.63, 3.8) is 0 Å². The number of imidazole rings is 1. The monoisotopic (exact) mass is 414 g/mol. The van der Waals surface area contributed by atoms with Gasteiger partial charge in [0, 0.05) is 19.1 Å². The van der Waals surface area contributed by atoms with Gasteiger partial charge in [0.2, 0.25) is 11.6 Å². The van der Waals surface area contributed by atoms with Crippen molar-refractivity contribution in [3.05, 3.63) is 29.4 Å². The Balaban J connectivity index is 1.82. The Bertz CT molecular complexity index is 1150. The quantitative estimate of drug-likeness (QED) is 0.643. The zero-order valence-electron chi connectivity index (χ0n) is 14.1. The SMILES string of the molecule is Cc1noc(C)c1OS(=O)n1c(C#N)nc2cc3c(cc21)OC(F)C(F)(F)O3. The molecular weight excluding hydrogens is 405 g/mol. The summed E-state index contributed by atoms with van der Waals surface area (Å²) >= 11 is -2.32. The Morgan fingerprint density at radius 1 is 1.36 bits per heavy atom. The number of ether oxygens (including phenoxy) is 2. The Morgan fingerprint density at radius 2 is 2.11 bits per heavy atom. The number of nitrogens with zero attached hydrogens (tertiary/aromatic N) is 4. The van der Waals surface area contributed by atoms with Gasteiger partial charge in [-0.3, -0.25) is 0 Å². The molecule has 4 rings (SSSR count). The molecule has 2 atom stereocenters. The molecule has 0 N–H and O–H groups in total. The summed E-state index contributed by atoms with van der Waals surface area (Å²) in [5, 5.41) is 13.0. The molecular formula is C15H9F3N4O5S. The van der Waals surface area contributed by atoms with Crippen molar-refractivity contribution in [1.82, 2.24) is 14.1 Å². The lowest BCUT2D eigenvalue weighted by Gasteiger charge is -2.28. The lowest BCUT2D eigenvalue weighted by molar-refractivity contribution is -0.281. The van der Waals surface area contributed by atoms with Crippen LogP contribution in [0.1, 0.15) is 17.3 Å². The van der Waals surface area contributed by atoms with Crippen molar-refractivity contribution in [2.45, 2.75) is 26.3 Å². The van der Waals surface area contributed by atoms with Gasteiger partial charge in [0.25, 0.3) is 0 Å². The highest BCUT2D eigenvalue weighted by Gasteiger charge is 2.49. The van der Waals surface area contributed by atoms with E-state index in [0.29, 0.717) is 5.69 Å². The van der Waals surface area contributed by atoms with Gasteiger partial charge in [-0.2, -0.15) is 26.6 Å². The molecule has 0 fully saturated rings. The fraction of sp³-hybridized carbons (Fsp3) is 0.267. The van der Waals surface area contributed by atoms with Crippen molar-refractivity contribution in [3.8, 4) is 23.3 Å². The van der Waals surface area contributed by atoms with Crippen LogP contribution in [0.2, 0.25) is 0 Å². The van der Waals surface area contributed by atoms with Crippen molar-refractivity contribution >= 4 is 22.3 Å². The maximum Gasteiger partial charge on any atom is 0.468 e. The third-order valence-electron chi connectivity index (χ3n) is 3.79. The fourth-order valence-corrected chi connectivity index (χ4v) is 3.52. The van der Waals surface area contributed by atoms with E-state index in [9.17, 15) is 22.6 Å². The highest BCUT2D eigenvalue weighted by molar-refractivity contribution is 7.79. The first-order valence-corrected chi connectivity index (χ1v) is 8.62. The Kier molecular flexibility index (Phi) is 3.96. The number of benzene rings is 1. The van der Waals surface area contributed by atoms with Crippen LogP contribution in [0.15, 0.2) is 16.7 Å². The van der Waals surface area contributed by atoms with E-state index in [4.69, 9.17) is 8.71 Å². The first-order valence-electron chi connectivity index (χ1n) is 7.59. The van der Waals surface area contributed by atoms with Crippen LogP contribution >= 0.6 is 0 Å². The highest BCUT2D eigenvalue weighted by Crippen LogP contribution is 2.42. The number of fused-ring (bicyclic) bond motifs is 2. The minimum absolute atomic E-state index is 0.0114. The van der Waals surface area contributed by atoms with E-state index in [1.54, 1.807) is 13.0 Å². The molecule has 0 aliphatic carbocycles. The average Bonchev–Trinajstić information content (AvgIpc) is 3.14. The molecule has 3 heterocycles. The standard InChI is InChI=1S/C15H9F3N4O5S/c1-6-13(7(2)26-21-6)27-28(23)22-9-4-10-11(3-8(9)20-12(22)5-19)25-15(17,18)14(16)24-10/h3-4,14H,1-2H3. The Hall–Kier alpha value is -3.27. The summed E-state index contributed by atoms with van der Waals surface area (Å²) in [5.74, 6) is -0.828. The van der Waals surface area contributed by atoms with Crippen LogP contribution < -0.4 is 13.7 Å². The summed E-state index contributed by atoms with van der Waals surface area (Å²) in [5.41, 5.74) is 0.328. The molecule has 28 heavy (non-hydrogen) atoms. The van der Waals surface area contributed by atoms with Crippen LogP contribution in [0.5, 0.6) is 17.2 Å². The van der Waals surface area contributed by atoms with Gasteiger partial charge in [0.05, 0.1) is 11.0 Å². The highest BCUT2D eigenvalue weighted by atomic mass is 32.2. The smallest absolute Gasteiger partial charge is 0.447 e. The fourth-order valence-electron chi connectivity index (χ4n) is 2.53. The van der Waals surface area contributed by atoms with E-state index in [0.717, 1.165) is 16.1 Å². The lowest BCUT2D eigenvalue weighted by Crippen LogP contribution is -2.43. The number of rotatable bonds is 3. The summed E-state index contributed by atoms with van der Waals surface area (Å²) in [7, 11) is 0. The van der Waals surface area contributed by atoms with Gasteiger partial charge in [-0.05, 0) is 6.92 Å². The van der Waals surface area contributed by atoms with Gasteiger partial charge in [0.1, 0.15) is 11.8 Å². The van der Waals surface area contributed by atoms with E-state index < -0.39 is 29.5 Å². The molecule has 0 saturated carbocycles. The molecule has 0 bridgehead atoms. The largest absolute Gasteiger partial charge is 0.468 e. The van der Waals surface area contributed by atoms with Gasteiger partial charge < -0.3 is 18.2 Å². The topological polar surface area (TPSA) is 112 Å². The second-order valence-electron chi connectivity index (χ2n) is 5.68. The minimum Gasteiger partial charge on any atom is -0.447 e. The number of aromatic nitrogens is 3. The van der Waals surface area contributed by atoms with E-state index in [1.165, 1.54) is 6.92 Å². The van der Waals surface area contributed by atoms with Crippen molar-refractivity contribution in [1.29, 1.82) is 5.26 Å². The van der Waals surface area contributed by atoms with Crippen LogP contribution in [-0.2, 0) is 11.3 Å². The Labute approximate surface area is 157 Å². The van der Waals surface area contributed by atoms with Gasteiger partial charge in [-0.15, -0.1) is 0 Å². The summed E-state index contributed by atoms with van der Waals surface area (Å²) in [6, 6.07) is 3.83. The summed E-state index contributed by atoms with van der Waals surface area (Å²) in [6.45, 7) is 3.09. The first-order chi connectivity index (χ1) is 13.2. The molecule has 0 spiro atoms. The first kappa shape index (κ1) is 18.1. The lowest BCUT2D eigenvalue weighted by atomic mass is 10.2. The average molecular weight is 414 g/mol. The van der Waals surface area contributed by atoms with Gasteiger partial charge in [-0.25, -0.2) is 4.98 Å². The maximum absolute atomic E-state index is 13.4. The minimum atomic E-state index is -4.18. The molecule has 0 saturated heterocycles. The number of hydrogen-bond donors (Lipinski definition) is 0. The van der Waals surface area contributed by atoms with E-state index in [1.807, 2.05) is 0 Å². The van der Waals surface area contributed by atoms with Crippen LogP contribution in [0.25, 0.3) is 11.0 Å². The van der Waals surface area contributed by atoms with Crippen LogP contribution in [0.3, 0.4) is 0 Å². The second-order valence-corrected chi connectivity index (χ2v) is 6.65. The molecule has 2 unspecified atom stereocenters. The number of alkyl halides is 3. The van der Waals surface area contributed by atoms with Crippen molar-refractivity contribution in [2.24, 2.45) is 0 Å². The molecule has 9 nitrogen and oxygen atoms in total. The van der Waals surface area contributed by atoms with Crippen LogP contribution in [0, 0.1) is 25.2 Å². The third-order valence-corrected chi connectivity index (χ3v) is 4.77. The van der Waals surface area contributed by atoms with Gasteiger partial charge >= 0.3 is 23.7 Å². The van der Waals surface area contributed by atoms with E-state index in [2.05, 4.69) is 19.6 Å². The van der Waals surface area contributed by atoms with Gasteiger partial charge in [0.15, 0.2) is 17.3 Å². The molecule has 0 radical (unpaired) electrons. The summed E-state index contributed by atoms with van der Waals surface area (Å²) in [6.07, 6.45) is -7.22. The predicted octanol–water partition coefficient (Wildman–Crippen LogP) is 2.68. The molecule has 3 aromatic rings. The van der Waals surface area contributed by atoms with E-state index >= 15 is 0 Å². The van der Waals surface area contributed by atoms with Gasteiger partial charge in [-0.1, -0.05) is 5.16 Å². The molecule has 1 aliphatic rings. The van der Waals surface area contributed by atoms with E-state index in [-0.39, 0.29) is 34.1 Å². The zero-order chi connectivity index (χ0) is 20.2. The predicted molar refractivity (Wildman–Crippen MR) is 85.7 cm³/mol. The molecule has 13 heteroatoms. The molecule has 0 amide bonds. The van der Waals surface area contributed by atoms with Crippen molar-refractivity contribution in [2.75, 3.05) is 0 Å². The van der Waals surface area contributed by atoms with Crippen molar-refractivity contribution < 1.29 is 35.6 Å². The molecule has 2 aromatic heterocycles. The summed E-state index contributed by atoms with van der Waals surface area (Å²) in [4.78, 5) is 3.92. The second kappa shape index (κ2) is 6.13. The number of halogens is 3. The number of aryl methyl sites for hydroxylation is 2. The third kappa shape index (κ3) is 2.73. The maximum atomic E-state index is 13.4. The number of hydrogen-bond acceptors (Lipinski definition) is 8. The Morgan fingerprint density at radius 3 is 2.75 bits per heavy atom.